The van der Waals surface area contributed by atoms with Gasteiger partial charge in [-0.3, -0.25) is 0 Å². The molecule has 0 aliphatic heterocycles. The van der Waals surface area contributed by atoms with Crippen molar-refractivity contribution in [2.45, 2.75) is 71.1 Å². The molecule has 5 rings (SSSR count). The Morgan fingerprint density at radius 1 is 0.500 bits per heavy atom. The van der Waals surface area contributed by atoms with Crippen LogP contribution in [0.15, 0.2) is 36.4 Å². The molecule has 0 unspecified atom stereocenters. The first-order chi connectivity index (χ1) is 21.2. The Labute approximate surface area is 254 Å². The zero-order chi connectivity index (χ0) is 31.4. The Kier molecular flexibility index (Phi) is 10.3. The predicted octanol–water partition coefficient (Wildman–Crippen LogP) is 10.1. The maximum atomic E-state index is 14.9. The molecule has 3 nitrogen and oxygen atoms in total. The van der Waals surface area contributed by atoms with Gasteiger partial charge in [0.15, 0.2) is 34.7 Å². The highest BCUT2D eigenvalue weighted by atomic mass is 19.2. The number of rotatable bonds is 10. The van der Waals surface area contributed by atoms with Gasteiger partial charge in [-0.05, 0) is 125 Å². The molecule has 238 valence electrons. The van der Waals surface area contributed by atoms with Crippen LogP contribution < -0.4 is 14.2 Å². The molecular weight excluding hydrogens is 582 g/mol. The van der Waals surface area contributed by atoms with E-state index in [0.717, 1.165) is 57.4 Å². The van der Waals surface area contributed by atoms with Crippen molar-refractivity contribution >= 4 is 0 Å². The topological polar surface area (TPSA) is 27.7 Å². The van der Waals surface area contributed by atoms with Crippen LogP contribution in [0.1, 0.15) is 76.7 Å². The highest BCUT2D eigenvalue weighted by Gasteiger charge is 2.33. The van der Waals surface area contributed by atoms with Gasteiger partial charge in [-0.1, -0.05) is 6.07 Å². The second-order valence-electron chi connectivity index (χ2n) is 11.8. The average Bonchev–Trinajstić information content (AvgIpc) is 3.04. The minimum Gasteiger partial charge on any atom is -0.491 e. The Morgan fingerprint density at radius 3 is 1.43 bits per heavy atom. The summed E-state index contributed by atoms with van der Waals surface area (Å²) in [6, 6.07) is 7.94. The summed E-state index contributed by atoms with van der Waals surface area (Å²) in [7, 11) is 0. The van der Waals surface area contributed by atoms with Gasteiger partial charge in [0, 0.05) is 11.1 Å². The van der Waals surface area contributed by atoms with Crippen molar-refractivity contribution in [3.63, 3.8) is 0 Å². The number of hydrogen-bond donors (Lipinski definition) is 0. The molecule has 0 saturated heterocycles. The van der Waals surface area contributed by atoms with E-state index in [1.807, 2.05) is 0 Å². The molecule has 0 atom stereocenters. The smallest absolute Gasteiger partial charge is 0.201 e. The van der Waals surface area contributed by atoms with Crippen molar-refractivity contribution in [1.82, 2.24) is 0 Å². The Balaban J connectivity index is 1.12. The highest BCUT2D eigenvalue weighted by molar-refractivity contribution is 5.67. The summed E-state index contributed by atoms with van der Waals surface area (Å²) >= 11 is 0. The van der Waals surface area contributed by atoms with Crippen molar-refractivity contribution in [2.75, 3.05) is 19.8 Å². The van der Waals surface area contributed by atoms with E-state index in [1.165, 1.54) is 24.3 Å². The van der Waals surface area contributed by atoms with Gasteiger partial charge in [-0.2, -0.15) is 13.2 Å². The van der Waals surface area contributed by atoms with Crippen LogP contribution >= 0.6 is 0 Å². The molecule has 0 radical (unpaired) electrons. The van der Waals surface area contributed by atoms with E-state index in [4.69, 9.17) is 14.2 Å². The average molecular weight is 621 g/mol. The van der Waals surface area contributed by atoms with Crippen LogP contribution in [0.2, 0.25) is 0 Å². The van der Waals surface area contributed by atoms with Crippen molar-refractivity contribution in [1.29, 1.82) is 0 Å². The molecular formula is C35H38F6O3. The summed E-state index contributed by atoms with van der Waals surface area (Å²) < 4.78 is 104. The molecule has 0 N–H and O–H groups in total. The number of hydrogen-bond acceptors (Lipinski definition) is 3. The lowest BCUT2D eigenvalue weighted by atomic mass is 9.68. The summed E-state index contributed by atoms with van der Waals surface area (Å²) in [5.41, 5.74) is -0.378. The normalized spacial score (nSPS) is 22.1. The van der Waals surface area contributed by atoms with Crippen LogP contribution in [0.4, 0.5) is 26.3 Å². The number of benzene rings is 3. The zero-order valence-electron chi connectivity index (χ0n) is 25.0. The molecule has 0 amide bonds. The van der Waals surface area contributed by atoms with E-state index >= 15 is 0 Å². The maximum Gasteiger partial charge on any atom is 0.201 e. The molecule has 2 saturated carbocycles. The second-order valence-corrected chi connectivity index (χ2v) is 11.8. The maximum absolute atomic E-state index is 14.9. The summed E-state index contributed by atoms with van der Waals surface area (Å²) in [6.45, 7) is 3.98. The highest BCUT2D eigenvalue weighted by Crippen LogP contribution is 2.45. The van der Waals surface area contributed by atoms with E-state index in [9.17, 15) is 26.3 Å². The third-order valence-corrected chi connectivity index (χ3v) is 9.30. The van der Waals surface area contributed by atoms with Gasteiger partial charge in [-0.25, -0.2) is 13.2 Å². The van der Waals surface area contributed by atoms with Gasteiger partial charge in [0.1, 0.15) is 0 Å². The van der Waals surface area contributed by atoms with Gasteiger partial charge in [0.2, 0.25) is 17.5 Å². The largest absolute Gasteiger partial charge is 0.491 e. The van der Waals surface area contributed by atoms with Crippen LogP contribution in [0.5, 0.6) is 17.2 Å². The Bertz CT molecular complexity index is 1450. The molecule has 3 aromatic rings. The van der Waals surface area contributed by atoms with Crippen LogP contribution in [0.3, 0.4) is 0 Å². The molecule has 2 aliphatic rings. The van der Waals surface area contributed by atoms with E-state index in [0.29, 0.717) is 17.4 Å². The third kappa shape index (κ3) is 6.66. The first-order valence-corrected chi connectivity index (χ1v) is 15.6. The molecule has 2 fully saturated rings. The number of halogens is 6. The second kappa shape index (κ2) is 14.2. The number of ether oxygens (including phenoxy) is 3. The van der Waals surface area contributed by atoms with Crippen LogP contribution in [-0.2, 0) is 0 Å². The molecule has 2 aliphatic carbocycles. The van der Waals surface area contributed by atoms with Crippen LogP contribution in [0.25, 0.3) is 11.1 Å². The first kappa shape index (κ1) is 32.0. The molecule has 0 bridgehead atoms. The SMILES string of the molecule is CCOc1ccc(-c2ccc(OCC3CCC(C4CCC(c5ccc(OCC)c(F)c5F)CC4)CC3)c(F)c2F)c(F)c1F. The summed E-state index contributed by atoms with van der Waals surface area (Å²) in [4.78, 5) is 0. The van der Waals surface area contributed by atoms with E-state index in [2.05, 4.69) is 0 Å². The third-order valence-electron chi connectivity index (χ3n) is 9.30. The van der Waals surface area contributed by atoms with Crippen molar-refractivity contribution in [3.05, 3.63) is 76.9 Å². The van der Waals surface area contributed by atoms with E-state index < -0.39 is 46.0 Å². The fourth-order valence-corrected chi connectivity index (χ4v) is 6.92. The lowest BCUT2D eigenvalue weighted by Gasteiger charge is -2.38. The van der Waals surface area contributed by atoms with Gasteiger partial charge in [0.25, 0.3) is 0 Å². The molecule has 0 spiro atoms. The van der Waals surface area contributed by atoms with Crippen molar-refractivity contribution in [2.24, 2.45) is 17.8 Å². The standard InChI is InChI=1S/C35H38F6O3/c1-3-42-27-16-13-24(30(36)33(27)39)23-11-9-22(10-12-23)21-7-5-20(6-8-21)19-44-29-18-15-26(32(38)35(29)41)25-14-17-28(43-4-2)34(40)31(25)37/h13-18,20-23H,3-12,19H2,1-2H3. The van der Waals surface area contributed by atoms with Gasteiger partial charge >= 0.3 is 0 Å². The molecule has 0 heterocycles. The van der Waals surface area contributed by atoms with Gasteiger partial charge in [0.05, 0.1) is 19.8 Å². The minimum atomic E-state index is -1.31. The van der Waals surface area contributed by atoms with Crippen molar-refractivity contribution in [3.8, 4) is 28.4 Å². The van der Waals surface area contributed by atoms with Crippen molar-refractivity contribution < 1.29 is 40.6 Å². The summed E-state index contributed by atoms with van der Waals surface area (Å²) in [6.07, 6.45) is 7.31. The fourth-order valence-electron chi connectivity index (χ4n) is 6.92. The molecule has 44 heavy (non-hydrogen) atoms. The monoisotopic (exact) mass is 620 g/mol. The lowest BCUT2D eigenvalue weighted by Crippen LogP contribution is -2.27. The fraction of sp³-hybridized carbons (Fsp3) is 0.486. The predicted molar refractivity (Wildman–Crippen MR) is 156 cm³/mol. The van der Waals surface area contributed by atoms with Crippen LogP contribution in [0, 0.1) is 52.7 Å². The molecule has 3 aromatic carbocycles. The van der Waals surface area contributed by atoms with Gasteiger partial charge < -0.3 is 14.2 Å². The lowest BCUT2D eigenvalue weighted by molar-refractivity contribution is 0.129. The molecule has 9 heteroatoms. The summed E-state index contributed by atoms with van der Waals surface area (Å²) in [5, 5.41) is 0. The molecule has 0 aromatic heterocycles. The first-order valence-electron chi connectivity index (χ1n) is 15.6. The van der Waals surface area contributed by atoms with E-state index in [-0.39, 0.29) is 48.9 Å². The summed E-state index contributed by atoms with van der Waals surface area (Å²) in [5.74, 6) is -6.23. The van der Waals surface area contributed by atoms with Gasteiger partial charge in [-0.15, -0.1) is 0 Å². The Hall–Kier alpha value is -3.36. The van der Waals surface area contributed by atoms with Crippen LogP contribution in [-0.4, -0.2) is 19.8 Å². The Morgan fingerprint density at radius 2 is 0.932 bits per heavy atom. The zero-order valence-corrected chi connectivity index (χ0v) is 25.0. The van der Waals surface area contributed by atoms with E-state index in [1.54, 1.807) is 19.9 Å². The quantitative estimate of drug-likeness (QED) is 0.211. The minimum absolute atomic E-state index is 0.00667.